The second-order valence-corrected chi connectivity index (χ2v) is 40.9. The first-order valence-electron chi connectivity index (χ1n) is 37.3. The maximum Gasteiger partial charge on any atom is 0.441 e. The minimum Gasteiger partial charge on any atom is -0.478 e. The topological polar surface area (TPSA) is 393 Å². The first-order chi connectivity index (χ1) is 49.1. The SMILES string of the molecule is CC(=O)N1N=C(C(C)(C)C)OC1(C)C.CC(C)(C)C1=NOC(C)(C(N)=O)C1.CC(C)(C)C1=NOC(C)(C)C1=O.CC1(C)CC(C(C)(C)C)=NO1.CC1(C)COC(C(C)(C)C)=N1.CC1(CO)CC(C(C)(C)C)=NO1.CN1N=C(C(C)(C)C)C(C)(C)C1=O.Cn1c(C(C)(C)C)noc1=O.Cn1nc(C(C)(C)C)oc1=O.O=C=O. The summed E-state index contributed by atoms with van der Waals surface area (Å²) in [6.07, 6.45) is 2.43. The van der Waals surface area contributed by atoms with E-state index in [0.717, 1.165) is 42.5 Å². The van der Waals surface area contributed by atoms with Gasteiger partial charge in [0, 0.05) is 96.1 Å². The fraction of sp³-hybridized carbons (Fsp3) is 0.800. The lowest BCUT2D eigenvalue weighted by Gasteiger charge is -2.27. The van der Waals surface area contributed by atoms with Crippen LogP contribution in [0.25, 0.3) is 0 Å². The number of rotatable bonds is 2. The molecule has 0 radical (unpaired) electrons. The monoisotopic (exact) mass is 1570 g/mol. The number of aliphatic hydroxyl groups is 1. The molecule has 0 spiro atoms. The molecule has 0 saturated heterocycles. The zero-order valence-corrected chi connectivity index (χ0v) is 75.9. The summed E-state index contributed by atoms with van der Waals surface area (Å²) in [4.78, 5) is 109. The molecule has 111 heavy (non-hydrogen) atoms. The van der Waals surface area contributed by atoms with Crippen LogP contribution >= 0.6 is 0 Å². The quantitative estimate of drug-likeness (QED) is 0.282. The number of nitrogens with two attached hydrogens (primary N) is 1. The molecule has 2 atom stereocenters. The Labute approximate surface area is 661 Å². The lowest BCUT2D eigenvalue weighted by molar-refractivity contribution is -0.191. The fourth-order valence-corrected chi connectivity index (χ4v) is 9.93. The van der Waals surface area contributed by atoms with Gasteiger partial charge in [0.15, 0.2) is 22.9 Å². The van der Waals surface area contributed by atoms with Gasteiger partial charge in [-0.05, 0) is 83.1 Å². The number of aliphatic imine (C=N–C) groups is 1. The van der Waals surface area contributed by atoms with Gasteiger partial charge in [-0.1, -0.05) is 213 Å². The average molecular weight is 1570 g/mol. The Balaban J connectivity index is 0.00000122. The summed E-state index contributed by atoms with van der Waals surface area (Å²) < 4.78 is 23.1. The van der Waals surface area contributed by atoms with Crippen LogP contribution in [0.5, 0.6) is 0 Å². The lowest BCUT2D eigenvalue weighted by atomic mass is 9.74. The molecule has 7 aliphatic heterocycles. The van der Waals surface area contributed by atoms with Crippen molar-refractivity contribution in [3.05, 3.63) is 32.8 Å². The number of aliphatic hydroxyl groups excluding tert-OH is 1. The van der Waals surface area contributed by atoms with Crippen LogP contribution in [0, 0.1) is 43.3 Å². The van der Waals surface area contributed by atoms with E-state index >= 15 is 0 Å². The standard InChI is InChI=1S/C10H18N2O2.C10H18N2O.C9H16N2O2.C9H15NO2.C9H17NO2.2C9H17NO.2C7H12N2O2.CO2/c1-7(13)12-10(5,6)14-8(11-12)9(2,3)4;1-9(2,3)7-10(4,5)8(13)12(6)11-7;1-8(2,3)6-5-9(4,7(10)12)13-11-6;1-8(2,3)6-7(11)9(4,5)12-10-6;1-8(2,3)7-5-9(4,6-11)12-10-7;1-8(2,3)7-10-9(4,5)6-11-7;1-8(2,3)7-6-9(4,5)11-10-7;1-7(2,3)5-8-9(4)6(10)11-5;1-7(2,3)5-8-11-6(10)9(5)4;2-1-3/h1-6H3;1-6H3;5H2,1-4H3,(H2,10,12);1-5H3;11H,5-6H2,1-4H3;2*6H2,1-5H3;2*1-4H3;. The van der Waals surface area contributed by atoms with Crippen LogP contribution in [0.1, 0.15) is 308 Å². The lowest BCUT2D eigenvalue weighted by Crippen LogP contribution is -2.42. The zero-order chi connectivity index (χ0) is 88.2. The molecule has 634 valence electrons. The summed E-state index contributed by atoms with van der Waals surface area (Å²) in [6, 6.07) is 0. The first kappa shape index (κ1) is 103. The molecule has 31 nitrogen and oxygen atoms in total. The molecule has 7 aliphatic rings. The summed E-state index contributed by atoms with van der Waals surface area (Å²) in [6.45, 7) is 80.2. The Hall–Kier alpha value is -8.21. The van der Waals surface area contributed by atoms with Gasteiger partial charge in [-0.15, -0.1) is 10.2 Å². The van der Waals surface area contributed by atoms with Gasteiger partial charge >= 0.3 is 17.7 Å². The molecule has 0 fully saturated rings. The van der Waals surface area contributed by atoms with Gasteiger partial charge in [-0.25, -0.2) is 19.6 Å². The van der Waals surface area contributed by atoms with Crippen LogP contribution in [0.4, 0.5) is 0 Å². The Kier molecular flexibility index (Phi) is 34.0. The maximum atomic E-state index is 11.7. The predicted molar refractivity (Wildman–Crippen MR) is 433 cm³/mol. The summed E-state index contributed by atoms with van der Waals surface area (Å²) in [5.41, 5.74) is 5.86. The number of hydrogen-bond donors (Lipinski definition) is 2. The number of hydrazone groups is 2. The fourth-order valence-electron chi connectivity index (χ4n) is 9.93. The van der Waals surface area contributed by atoms with Crippen LogP contribution < -0.4 is 17.2 Å². The summed E-state index contributed by atoms with van der Waals surface area (Å²) in [5, 5.41) is 43.7. The maximum absolute atomic E-state index is 11.7. The molecular weight excluding hydrogens is 1430 g/mol. The molecule has 0 aliphatic carbocycles. The molecule has 0 saturated carbocycles. The van der Waals surface area contributed by atoms with Crippen LogP contribution in [-0.4, -0.2) is 159 Å². The van der Waals surface area contributed by atoms with Crippen molar-refractivity contribution in [1.82, 2.24) is 29.5 Å². The molecule has 31 heteroatoms. The van der Waals surface area contributed by atoms with E-state index in [1.165, 1.54) is 31.9 Å². The highest BCUT2D eigenvalue weighted by atomic mass is 16.7. The number of Topliss-reactive ketones (excluding diaryl/α,β-unsaturated/α-hetero) is 1. The molecule has 2 aromatic rings. The van der Waals surface area contributed by atoms with E-state index in [1.807, 2.05) is 138 Å². The second-order valence-electron chi connectivity index (χ2n) is 40.9. The van der Waals surface area contributed by atoms with Gasteiger partial charge in [0.05, 0.1) is 40.4 Å². The zero-order valence-electron chi connectivity index (χ0n) is 75.9. The Morgan fingerprint density at radius 2 is 0.991 bits per heavy atom. The minimum atomic E-state index is -0.942. The minimum absolute atomic E-state index is 0.00463. The smallest absolute Gasteiger partial charge is 0.441 e. The van der Waals surface area contributed by atoms with Crippen molar-refractivity contribution in [2.24, 2.45) is 99.0 Å². The summed E-state index contributed by atoms with van der Waals surface area (Å²) in [7, 11) is 4.93. The predicted octanol–water partition coefficient (Wildman–Crippen LogP) is 13.8. The molecule has 0 aromatic carbocycles. The molecule has 3 amide bonds. The van der Waals surface area contributed by atoms with Gasteiger partial charge in [-0.2, -0.15) is 24.4 Å². The summed E-state index contributed by atoms with van der Waals surface area (Å²) >= 11 is 0. The van der Waals surface area contributed by atoms with Crippen LogP contribution in [0.3, 0.4) is 0 Å². The number of nitrogens with zero attached hydrogens (tertiary/aromatic N) is 13. The largest absolute Gasteiger partial charge is 0.478 e. The molecule has 2 aromatic heterocycles. The van der Waals surface area contributed by atoms with Crippen molar-refractivity contribution >= 4 is 70.0 Å². The number of primary amides is 1. The molecule has 0 bridgehead atoms. The van der Waals surface area contributed by atoms with Crippen molar-refractivity contribution < 1.29 is 71.6 Å². The Bertz CT molecular complexity index is 3910. The van der Waals surface area contributed by atoms with E-state index in [0.29, 0.717) is 29.7 Å². The molecule has 3 N–H and O–H groups in total. The second kappa shape index (κ2) is 36.7. The molecule has 2 unspecified atom stereocenters. The highest BCUT2D eigenvalue weighted by Gasteiger charge is 2.48. The first-order valence-corrected chi connectivity index (χ1v) is 37.3. The van der Waals surface area contributed by atoms with Gasteiger partial charge in [0.2, 0.25) is 34.8 Å². The van der Waals surface area contributed by atoms with E-state index in [4.69, 9.17) is 53.7 Å². The van der Waals surface area contributed by atoms with Gasteiger partial charge in [0.25, 0.3) is 11.8 Å². The van der Waals surface area contributed by atoms with Crippen LogP contribution in [0.15, 0.2) is 54.3 Å². The number of carbonyl (C=O) groups is 4. The van der Waals surface area contributed by atoms with E-state index in [2.05, 4.69) is 161 Å². The van der Waals surface area contributed by atoms with Gasteiger partial charge < -0.3 is 44.1 Å². The number of aromatic nitrogens is 4. The van der Waals surface area contributed by atoms with Crippen molar-refractivity contribution in [2.45, 2.75) is 341 Å². The third kappa shape index (κ3) is 31.7. The molecule has 9 rings (SSSR count). The van der Waals surface area contributed by atoms with E-state index < -0.39 is 45.4 Å². The number of oxime groups is 4. The van der Waals surface area contributed by atoms with Gasteiger partial charge in [0.1, 0.15) is 17.9 Å². The third-order valence-electron chi connectivity index (χ3n) is 16.8. The van der Waals surface area contributed by atoms with Crippen molar-refractivity contribution in [2.75, 3.05) is 20.3 Å². The van der Waals surface area contributed by atoms with Gasteiger partial charge in [-0.3, -0.25) is 28.3 Å². The number of ketones is 1. The Morgan fingerprint density at radius 3 is 1.18 bits per heavy atom. The Morgan fingerprint density at radius 1 is 0.541 bits per heavy atom. The molecule has 9 heterocycles. The highest BCUT2D eigenvalue weighted by molar-refractivity contribution is 6.45. The van der Waals surface area contributed by atoms with E-state index in [-0.39, 0.29) is 90.2 Å². The van der Waals surface area contributed by atoms with Crippen LogP contribution in [0.2, 0.25) is 0 Å². The third-order valence-corrected chi connectivity index (χ3v) is 16.8. The van der Waals surface area contributed by atoms with E-state index in [9.17, 15) is 28.8 Å². The van der Waals surface area contributed by atoms with Crippen LogP contribution in [-0.2, 0) is 82.5 Å². The average Bonchev–Trinajstić information content (AvgIpc) is 1.61. The number of hydrogen-bond acceptors (Lipinski definition) is 26. The number of aryl methyl sites for hydroxylation is 1. The van der Waals surface area contributed by atoms with Crippen molar-refractivity contribution in [3.8, 4) is 0 Å². The normalized spacial score (nSPS) is 21.1. The summed E-state index contributed by atoms with van der Waals surface area (Å²) in [5.74, 6) is 1.34. The molecular formula is C80H142N14O17. The number of ether oxygens (including phenoxy) is 2. The van der Waals surface area contributed by atoms with Crippen molar-refractivity contribution in [1.29, 1.82) is 0 Å². The van der Waals surface area contributed by atoms with Crippen molar-refractivity contribution in [3.63, 3.8) is 0 Å². The highest BCUT2D eigenvalue weighted by Crippen LogP contribution is 2.39. The number of amides is 3. The van der Waals surface area contributed by atoms with E-state index in [1.54, 1.807) is 41.9 Å². The number of carbonyl (C=O) groups excluding carboxylic acids is 6.